The topological polar surface area (TPSA) is 75.3 Å². The van der Waals surface area contributed by atoms with E-state index in [4.69, 9.17) is 0 Å². The fourth-order valence-corrected chi connectivity index (χ4v) is 3.27. The molecule has 0 fully saturated rings. The molecule has 2 N–H and O–H groups in total. The van der Waals surface area contributed by atoms with Crippen LogP contribution in [0.3, 0.4) is 0 Å². The Morgan fingerprint density at radius 3 is 2.33 bits per heavy atom. The molecule has 24 heavy (non-hydrogen) atoms. The molecule has 0 unspecified atom stereocenters. The maximum atomic E-state index is 12.2. The Kier molecular flexibility index (Phi) is 5.75. The van der Waals surface area contributed by atoms with E-state index < -0.39 is 15.9 Å². The monoisotopic (exact) mass is 346 g/mol. The van der Waals surface area contributed by atoms with Crippen LogP contribution in [0.25, 0.3) is 0 Å². The molecule has 0 aliphatic carbocycles. The number of carbonyl (C=O) groups is 1. The first-order valence-corrected chi connectivity index (χ1v) is 9.22. The van der Waals surface area contributed by atoms with Crippen molar-refractivity contribution in [3.05, 3.63) is 59.7 Å². The third kappa shape index (κ3) is 4.91. The summed E-state index contributed by atoms with van der Waals surface area (Å²) < 4.78 is 26.7. The molecular formula is C18H22N2O3S. The molecule has 0 atom stereocenters. The normalized spacial score (nSPS) is 11.5. The van der Waals surface area contributed by atoms with Crippen molar-refractivity contribution < 1.29 is 13.2 Å². The van der Waals surface area contributed by atoms with Gasteiger partial charge in [0.05, 0.1) is 11.4 Å². The van der Waals surface area contributed by atoms with Gasteiger partial charge in [-0.2, -0.15) is 0 Å². The first kappa shape index (κ1) is 18.2. The van der Waals surface area contributed by atoms with Crippen LogP contribution in [-0.2, 0) is 14.8 Å². The van der Waals surface area contributed by atoms with Gasteiger partial charge in [0.25, 0.3) is 0 Å². The Hall–Kier alpha value is -2.18. The van der Waals surface area contributed by atoms with Gasteiger partial charge in [-0.25, -0.2) is 13.1 Å². The van der Waals surface area contributed by atoms with Crippen molar-refractivity contribution in [2.24, 2.45) is 0 Å². The Labute approximate surface area is 143 Å². The molecule has 5 nitrogen and oxygen atoms in total. The highest BCUT2D eigenvalue weighted by Gasteiger charge is 2.15. The molecular weight excluding hydrogens is 324 g/mol. The van der Waals surface area contributed by atoms with Gasteiger partial charge < -0.3 is 5.32 Å². The summed E-state index contributed by atoms with van der Waals surface area (Å²) in [6.07, 6.45) is 0. The van der Waals surface area contributed by atoms with Crippen LogP contribution in [-0.4, -0.2) is 20.9 Å². The minimum atomic E-state index is -3.70. The number of hydrogen-bond acceptors (Lipinski definition) is 3. The van der Waals surface area contributed by atoms with Gasteiger partial charge in [-0.1, -0.05) is 38.1 Å². The average Bonchev–Trinajstić information content (AvgIpc) is 2.53. The summed E-state index contributed by atoms with van der Waals surface area (Å²) in [7, 11) is -3.70. The number of rotatable bonds is 6. The van der Waals surface area contributed by atoms with E-state index in [1.165, 1.54) is 11.6 Å². The molecule has 0 saturated heterocycles. The van der Waals surface area contributed by atoms with E-state index in [9.17, 15) is 13.2 Å². The zero-order valence-corrected chi connectivity index (χ0v) is 14.9. The average molecular weight is 346 g/mol. The Morgan fingerprint density at radius 2 is 1.75 bits per heavy atom. The second-order valence-corrected chi connectivity index (χ2v) is 7.73. The van der Waals surface area contributed by atoms with Gasteiger partial charge in [-0.3, -0.25) is 4.79 Å². The summed E-state index contributed by atoms with van der Waals surface area (Å²) in [5.41, 5.74) is 2.65. The standard InChI is InChI=1S/C18H22N2O3S/c1-13(2)15-7-9-16(10-8-15)20-18(21)12-19-24(22,23)17-6-4-5-14(3)11-17/h4-11,13,19H,12H2,1-3H3,(H,20,21). The lowest BCUT2D eigenvalue weighted by Crippen LogP contribution is -2.32. The number of anilines is 1. The predicted octanol–water partition coefficient (Wildman–Crippen LogP) is 3.04. The SMILES string of the molecule is Cc1cccc(S(=O)(=O)NCC(=O)Nc2ccc(C(C)C)cc2)c1. The minimum Gasteiger partial charge on any atom is -0.325 e. The molecule has 0 aliphatic heterocycles. The number of amides is 1. The smallest absolute Gasteiger partial charge is 0.241 e. The molecule has 0 bridgehead atoms. The Balaban J connectivity index is 1.95. The van der Waals surface area contributed by atoms with E-state index >= 15 is 0 Å². The zero-order valence-electron chi connectivity index (χ0n) is 14.0. The molecule has 128 valence electrons. The van der Waals surface area contributed by atoms with E-state index in [1.54, 1.807) is 12.1 Å². The van der Waals surface area contributed by atoms with Gasteiger partial charge in [-0.15, -0.1) is 0 Å². The van der Waals surface area contributed by atoms with Gasteiger partial charge in [0, 0.05) is 5.69 Å². The number of aryl methyl sites for hydroxylation is 1. The van der Waals surface area contributed by atoms with Crippen molar-refractivity contribution >= 4 is 21.6 Å². The molecule has 1 amide bonds. The number of hydrogen-bond donors (Lipinski definition) is 2. The third-order valence-electron chi connectivity index (χ3n) is 3.58. The van der Waals surface area contributed by atoms with Crippen molar-refractivity contribution in [1.82, 2.24) is 4.72 Å². The molecule has 0 aliphatic rings. The number of nitrogens with one attached hydrogen (secondary N) is 2. The van der Waals surface area contributed by atoms with Crippen LogP contribution in [0.2, 0.25) is 0 Å². The van der Waals surface area contributed by atoms with Crippen molar-refractivity contribution in [2.45, 2.75) is 31.6 Å². The number of sulfonamides is 1. The summed E-state index contributed by atoms with van der Waals surface area (Å²) in [6.45, 7) is 5.68. The predicted molar refractivity (Wildman–Crippen MR) is 95.5 cm³/mol. The van der Waals surface area contributed by atoms with Gasteiger partial charge >= 0.3 is 0 Å². The summed E-state index contributed by atoms with van der Waals surface area (Å²) in [5, 5.41) is 2.68. The highest BCUT2D eigenvalue weighted by molar-refractivity contribution is 7.89. The lowest BCUT2D eigenvalue weighted by atomic mass is 10.0. The van der Waals surface area contributed by atoms with Gasteiger partial charge in [0.15, 0.2) is 0 Å². The fraction of sp³-hybridized carbons (Fsp3) is 0.278. The van der Waals surface area contributed by atoms with E-state index in [2.05, 4.69) is 23.9 Å². The quantitative estimate of drug-likeness (QED) is 0.844. The van der Waals surface area contributed by atoms with Gasteiger partial charge in [0.2, 0.25) is 15.9 Å². The van der Waals surface area contributed by atoms with Crippen LogP contribution in [0, 0.1) is 6.92 Å². The van der Waals surface area contributed by atoms with Crippen LogP contribution in [0.1, 0.15) is 30.9 Å². The minimum absolute atomic E-state index is 0.150. The van der Waals surface area contributed by atoms with Crippen LogP contribution in [0.5, 0.6) is 0 Å². The number of carbonyl (C=O) groups excluding carboxylic acids is 1. The maximum absolute atomic E-state index is 12.2. The highest BCUT2D eigenvalue weighted by Crippen LogP contribution is 2.17. The Morgan fingerprint density at radius 1 is 1.08 bits per heavy atom. The summed E-state index contributed by atoms with van der Waals surface area (Å²) in [5.74, 6) is -0.000541. The van der Waals surface area contributed by atoms with E-state index in [0.717, 1.165) is 5.56 Å². The lowest BCUT2D eigenvalue weighted by molar-refractivity contribution is -0.115. The fourth-order valence-electron chi connectivity index (χ4n) is 2.18. The summed E-state index contributed by atoms with van der Waals surface area (Å²) in [6, 6.07) is 14.0. The second-order valence-electron chi connectivity index (χ2n) is 5.97. The second kappa shape index (κ2) is 7.59. The first-order valence-electron chi connectivity index (χ1n) is 7.74. The van der Waals surface area contributed by atoms with Gasteiger partial charge in [0.1, 0.15) is 0 Å². The van der Waals surface area contributed by atoms with E-state index in [-0.39, 0.29) is 11.4 Å². The largest absolute Gasteiger partial charge is 0.325 e. The third-order valence-corrected chi connectivity index (χ3v) is 4.98. The molecule has 0 heterocycles. The summed E-state index contributed by atoms with van der Waals surface area (Å²) in [4.78, 5) is 12.1. The van der Waals surface area contributed by atoms with Crippen LogP contribution in [0.4, 0.5) is 5.69 Å². The van der Waals surface area contributed by atoms with E-state index in [0.29, 0.717) is 11.6 Å². The Bertz CT molecular complexity index is 812. The highest BCUT2D eigenvalue weighted by atomic mass is 32.2. The van der Waals surface area contributed by atoms with Crippen LogP contribution < -0.4 is 10.0 Å². The molecule has 0 aromatic heterocycles. The van der Waals surface area contributed by atoms with E-state index in [1.807, 2.05) is 37.3 Å². The van der Waals surface area contributed by atoms with Crippen molar-refractivity contribution in [2.75, 3.05) is 11.9 Å². The molecule has 0 radical (unpaired) electrons. The lowest BCUT2D eigenvalue weighted by Gasteiger charge is -2.10. The van der Waals surface area contributed by atoms with Crippen molar-refractivity contribution in [1.29, 1.82) is 0 Å². The molecule has 2 aromatic rings. The van der Waals surface area contributed by atoms with Crippen LogP contribution in [0.15, 0.2) is 53.4 Å². The van der Waals surface area contributed by atoms with Gasteiger partial charge in [-0.05, 0) is 48.2 Å². The van der Waals surface area contributed by atoms with Crippen LogP contribution >= 0.6 is 0 Å². The van der Waals surface area contributed by atoms with Crippen molar-refractivity contribution in [3.63, 3.8) is 0 Å². The molecule has 2 aromatic carbocycles. The summed E-state index contributed by atoms with van der Waals surface area (Å²) >= 11 is 0. The first-order chi connectivity index (χ1) is 11.3. The van der Waals surface area contributed by atoms with Crippen molar-refractivity contribution in [3.8, 4) is 0 Å². The molecule has 2 rings (SSSR count). The molecule has 0 spiro atoms. The molecule has 6 heteroatoms. The zero-order chi connectivity index (χ0) is 17.7. The number of benzene rings is 2. The maximum Gasteiger partial charge on any atom is 0.241 e. The molecule has 0 saturated carbocycles.